The molecule has 1 atom stereocenters. The van der Waals surface area contributed by atoms with Crippen LogP contribution >= 0.6 is 39.0 Å². The van der Waals surface area contributed by atoms with Crippen LogP contribution in [0.15, 0.2) is 45.1 Å². The van der Waals surface area contributed by atoms with Gasteiger partial charge < -0.3 is 4.90 Å². The van der Waals surface area contributed by atoms with Crippen LogP contribution in [0.5, 0.6) is 0 Å². The summed E-state index contributed by atoms with van der Waals surface area (Å²) in [6.45, 7) is 4.13. The van der Waals surface area contributed by atoms with Crippen molar-refractivity contribution in [2.24, 2.45) is 0 Å². The molecule has 0 N–H and O–H groups in total. The maximum atomic E-state index is 12.3. The Morgan fingerprint density at radius 2 is 2.19 bits per heavy atom. The van der Waals surface area contributed by atoms with Crippen LogP contribution in [0.4, 0.5) is 0 Å². The summed E-state index contributed by atoms with van der Waals surface area (Å²) in [7, 11) is 1.88. The van der Waals surface area contributed by atoms with Gasteiger partial charge in [0.05, 0.1) is 11.8 Å². The second kappa shape index (κ2) is 7.47. The number of nitrogens with zero attached hydrogens (tertiary/aromatic N) is 1. The molecule has 0 aliphatic heterocycles. The van der Waals surface area contributed by atoms with Gasteiger partial charge in [-0.05, 0) is 49.1 Å². The molecule has 2 aromatic rings. The first kappa shape index (κ1) is 16.6. The third-order valence-electron chi connectivity index (χ3n) is 3.42. The average molecular weight is 384 g/mol. The van der Waals surface area contributed by atoms with Crippen LogP contribution in [0.2, 0.25) is 0 Å². The van der Waals surface area contributed by atoms with Crippen LogP contribution in [-0.4, -0.2) is 23.6 Å². The number of thioether (sulfide) groups is 1. The van der Waals surface area contributed by atoms with Gasteiger partial charge in [-0.3, -0.25) is 4.79 Å². The number of carbonyl (C=O) groups is 1. The van der Waals surface area contributed by atoms with Gasteiger partial charge >= 0.3 is 0 Å². The van der Waals surface area contributed by atoms with Gasteiger partial charge in [-0.2, -0.15) is 0 Å². The van der Waals surface area contributed by atoms with Crippen molar-refractivity contribution in [3.05, 3.63) is 50.6 Å². The number of hydrogen-bond acceptors (Lipinski definition) is 3. The van der Waals surface area contributed by atoms with Crippen molar-refractivity contribution < 1.29 is 4.79 Å². The molecule has 0 radical (unpaired) electrons. The molecule has 0 spiro atoms. The highest BCUT2D eigenvalue weighted by atomic mass is 79.9. The summed E-state index contributed by atoms with van der Waals surface area (Å²) in [5.41, 5.74) is 1.19. The van der Waals surface area contributed by atoms with Crippen molar-refractivity contribution >= 4 is 44.9 Å². The molecule has 1 aromatic heterocycles. The van der Waals surface area contributed by atoms with Gasteiger partial charge in [0.2, 0.25) is 5.91 Å². The van der Waals surface area contributed by atoms with Gasteiger partial charge in [0.1, 0.15) is 0 Å². The molecule has 2 rings (SSSR count). The van der Waals surface area contributed by atoms with E-state index >= 15 is 0 Å². The molecule has 1 unspecified atom stereocenters. The number of carbonyl (C=O) groups excluding carboxylic acids is 1. The lowest BCUT2D eigenvalue weighted by Gasteiger charge is -2.24. The fourth-order valence-corrected chi connectivity index (χ4v) is 4.19. The second-order valence-corrected chi connectivity index (χ2v) is 7.81. The number of hydrogen-bond donors (Lipinski definition) is 0. The standard InChI is InChI=1S/C16H18BrNOS2/c1-11-9-13(17)6-7-14(11)21-10-16(19)18(3)12(2)15-5-4-8-20-15/h4-9,12H,10H2,1-3H3. The van der Waals surface area contributed by atoms with E-state index in [2.05, 4.69) is 48.0 Å². The van der Waals surface area contributed by atoms with Gasteiger partial charge in [0.25, 0.3) is 0 Å². The maximum Gasteiger partial charge on any atom is 0.233 e. The van der Waals surface area contributed by atoms with Crippen LogP contribution in [0, 0.1) is 6.92 Å². The van der Waals surface area contributed by atoms with Crippen molar-refractivity contribution in [1.29, 1.82) is 0 Å². The van der Waals surface area contributed by atoms with E-state index in [1.807, 2.05) is 29.5 Å². The molecule has 0 saturated heterocycles. The Labute approximate surface area is 142 Å². The third kappa shape index (κ3) is 4.34. The number of benzene rings is 1. The van der Waals surface area contributed by atoms with Gasteiger partial charge in [-0.25, -0.2) is 0 Å². The molecule has 1 aromatic carbocycles. The lowest BCUT2D eigenvalue weighted by Crippen LogP contribution is -2.30. The highest BCUT2D eigenvalue weighted by Gasteiger charge is 2.18. The van der Waals surface area contributed by atoms with Gasteiger partial charge in [0, 0.05) is 21.3 Å². The molecule has 0 saturated carbocycles. The first-order chi connectivity index (χ1) is 9.99. The molecule has 0 bridgehead atoms. The largest absolute Gasteiger partial charge is 0.337 e. The van der Waals surface area contributed by atoms with E-state index in [9.17, 15) is 4.79 Å². The fourth-order valence-electron chi connectivity index (χ4n) is 1.95. The maximum absolute atomic E-state index is 12.3. The first-order valence-electron chi connectivity index (χ1n) is 6.67. The number of thiophene rings is 1. The molecule has 21 heavy (non-hydrogen) atoms. The Kier molecular flexibility index (Phi) is 5.90. The molecule has 2 nitrogen and oxygen atoms in total. The SMILES string of the molecule is Cc1cc(Br)ccc1SCC(=O)N(C)C(C)c1cccs1. The van der Waals surface area contributed by atoms with E-state index in [0.29, 0.717) is 5.75 Å². The van der Waals surface area contributed by atoms with E-state index in [1.165, 1.54) is 10.4 Å². The Bertz CT molecular complexity index is 613. The monoisotopic (exact) mass is 383 g/mol. The van der Waals surface area contributed by atoms with E-state index in [-0.39, 0.29) is 11.9 Å². The van der Waals surface area contributed by atoms with E-state index < -0.39 is 0 Å². The van der Waals surface area contributed by atoms with E-state index in [0.717, 1.165) is 9.37 Å². The molecular formula is C16H18BrNOS2. The van der Waals surface area contributed by atoms with Crippen LogP contribution in [0.1, 0.15) is 23.4 Å². The normalized spacial score (nSPS) is 12.2. The Morgan fingerprint density at radius 1 is 1.43 bits per heavy atom. The van der Waals surface area contributed by atoms with Crippen LogP contribution in [-0.2, 0) is 4.79 Å². The summed E-state index contributed by atoms with van der Waals surface area (Å²) in [4.78, 5) is 16.5. The zero-order valence-electron chi connectivity index (χ0n) is 12.3. The predicted molar refractivity (Wildman–Crippen MR) is 95.1 cm³/mol. The molecular weight excluding hydrogens is 366 g/mol. The number of aryl methyl sites for hydroxylation is 1. The van der Waals surface area contributed by atoms with Gasteiger partial charge in [0.15, 0.2) is 0 Å². The molecule has 0 fully saturated rings. The first-order valence-corrected chi connectivity index (χ1v) is 9.33. The van der Waals surface area contributed by atoms with Crippen molar-refractivity contribution in [2.45, 2.75) is 24.8 Å². The van der Waals surface area contributed by atoms with Crippen LogP contribution in [0.3, 0.4) is 0 Å². The smallest absolute Gasteiger partial charge is 0.233 e. The average Bonchev–Trinajstić information content (AvgIpc) is 2.98. The van der Waals surface area contributed by atoms with E-state index in [4.69, 9.17) is 0 Å². The molecule has 5 heteroatoms. The zero-order chi connectivity index (χ0) is 15.4. The lowest BCUT2D eigenvalue weighted by molar-refractivity contribution is -0.128. The number of halogens is 1. The Morgan fingerprint density at radius 3 is 2.81 bits per heavy atom. The van der Waals surface area contributed by atoms with Gasteiger partial charge in [-0.15, -0.1) is 23.1 Å². The third-order valence-corrected chi connectivity index (χ3v) is 6.11. The minimum absolute atomic E-state index is 0.129. The zero-order valence-corrected chi connectivity index (χ0v) is 15.5. The molecule has 1 heterocycles. The molecule has 0 aliphatic carbocycles. The second-order valence-electron chi connectivity index (χ2n) is 4.89. The summed E-state index contributed by atoms with van der Waals surface area (Å²) in [6, 6.07) is 10.4. The van der Waals surface area contributed by atoms with Crippen molar-refractivity contribution in [1.82, 2.24) is 4.90 Å². The minimum Gasteiger partial charge on any atom is -0.337 e. The highest BCUT2D eigenvalue weighted by Crippen LogP contribution is 2.27. The summed E-state index contributed by atoms with van der Waals surface area (Å²) >= 11 is 6.74. The molecule has 0 aliphatic rings. The highest BCUT2D eigenvalue weighted by molar-refractivity contribution is 9.10. The van der Waals surface area contributed by atoms with Gasteiger partial charge in [-0.1, -0.05) is 22.0 Å². The predicted octanol–water partition coefficient (Wildman–Crippen LogP) is 5.13. The summed E-state index contributed by atoms with van der Waals surface area (Å²) in [5.74, 6) is 0.623. The van der Waals surface area contributed by atoms with Crippen molar-refractivity contribution in [2.75, 3.05) is 12.8 Å². The lowest BCUT2D eigenvalue weighted by atomic mass is 10.2. The number of rotatable bonds is 5. The Balaban J connectivity index is 1.95. The molecule has 112 valence electrons. The number of amides is 1. The fraction of sp³-hybridized carbons (Fsp3) is 0.312. The van der Waals surface area contributed by atoms with Crippen LogP contribution < -0.4 is 0 Å². The van der Waals surface area contributed by atoms with Crippen molar-refractivity contribution in [3.63, 3.8) is 0 Å². The summed E-state index contributed by atoms with van der Waals surface area (Å²) < 4.78 is 1.07. The Hall–Kier alpha value is -0.780. The minimum atomic E-state index is 0.129. The summed E-state index contributed by atoms with van der Waals surface area (Å²) in [6.07, 6.45) is 0. The quantitative estimate of drug-likeness (QED) is 0.666. The molecule has 1 amide bonds. The topological polar surface area (TPSA) is 20.3 Å². The van der Waals surface area contributed by atoms with Crippen molar-refractivity contribution in [3.8, 4) is 0 Å². The summed E-state index contributed by atoms with van der Waals surface area (Å²) in [5, 5.41) is 2.05. The van der Waals surface area contributed by atoms with E-state index in [1.54, 1.807) is 23.1 Å². The van der Waals surface area contributed by atoms with Crippen LogP contribution in [0.25, 0.3) is 0 Å².